The fourth-order valence-electron chi connectivity index (χ4n) is 3.43. The number of thioether (sulfide) groups is 1. The van der Waals surface area contributed by atoms with Crippen LogP contribution in [0.25, 0.3) is 6.08 Å². The Hall–Kier alpha value is -3.16. The number of imide groups is 1. The second kappa shape index (κ2) is 12.1. The summed E-state index contributed by atoms with van der Waals surface area (Å²) in [5.41, 5.74) is 1.16. The molecule has 1 fully saturated rings. The number of halogens is 4. The van der Waals surface area contributed by atoms with Crippen LogP contribution in [0.3, 0.4) is 0 Å². The molecule has 4 rings (SSSR count). The van der Waals surface area contributed by atoms with Gasteiger partial charge in [-0.1, -0.05) is 29.8 Å². The summed E-state index contributed by atoms with van der Waals surface area (Å²) >= 11 is 8.44. The van der Waals surface area contributed by atoms with Crippen molar-refractivity contribution >= 4 is 74.8 Å². The Morgan fingerprint density at radius 2 is 1.89 bits per heavy atom. The molecule has 0 radical (unpaired) electrons. The molecule has 0 aliphatic carbocycles. The van der Waals surface area contributed by atoms with Gasteiger partial charge in [0.2, 0.25) is 5.91 Å². The molecule has 7 nitrogen and oxygen atoms in total. The minimum absolute atomic E-state index is 0.0105. The molecule has 0 bridgehead atoms. The van der Waals surface area contributed by atoms with Gasteiger partial charge < -0.3 is 14.8 Å². The summed E-state index contributed by atoms with van der Waals surface area (Å²) in [6.07, 6.45) is 1.51. The largest absolute Gasteiger partial charge is 0.493 e. The minimum atomic E-state index is -0.649. The van der Waals surface area contributed by atoms with Crippen molar-refractivity contribution < 1.29 is 32.6 Å². The first-order valence-electron chi connectivity index (χ1n) is 10.9. The van der Waals surface area contributed by atoms with Gasteiger partial charge in [0.15, 0.2) is 11.5 Å². The number of rotatable bonds is 8. The molecule has 0 unspecified atom stereocenters. The van der Waals surface area contributed by atoms with Gasteiger partial charge in [-0.15, -0.1) is 0 Å². The van der Waals surface area contributed by atoms with Gasteiger partial charge in [0, 0.05) is 11.3 Å². The van der Waals surface area contributed by atoms with Crippen molar-refractivity contribution in [2.24, 2.45) is 0 Å². The lowest BCUT2D eigenvalue weighted by molar-refractivity contribution is -0.127. The highest BCUT2D eigenvalue weighted by Crippen LogP contribution is 2.37. The van der Waals surface area contributed by atoms with E-state index < -0.39 is 29.4 Å². The number of ether oxygens (including phenoxy) is 2. The lowest BCUT2D eigenvalue weighted by Gasteiger charge is -2.14. The summed E-state index contributed by atoms with van der Waals surface area (Å²) in [5.74, 6) is -1.55. The monoisotopic (exact) mass is 670 g/mol. The third kappa shape index (κ3) is 6.45. The van der Waals surface area contributed by atoms with E-state index in [1.165, 1.54) is 31.4 Å². The van der Waals surface area contributed by atoms with Gasteiger partial charge in [-0.2, -0.15) is 0 Å². The number of carbonyl (C=O) groups excluding carboxylic acids is 3. The molecule has 1 N–H and O–H groups in total. The van der Waals surface area contributed by atoms with E-state index in [4.69, 9.17) is 21.1 Å². The van der Waals surface area contributed by atoms with Gasteiger partial charge >= 0.3 is 0 Å². The molecule has 0 aromatic heterocycles. The number of methoxy groups -OCH3 is 1. The Labute approximate surface area is 239 Å². The molecule has 1 heterocycles. The first-order valence-corrected chi connectivity index (χ1v) is 13.2. The van der Waals surface area contributed by atoms with Crippen molar-refractivity contribution in [2.75, 3.05) is 19.0 Å². The average molecular weight is 671 g/mol. The zero-order chi connectivity index (χ0) is 27.4. The van der Waals surface area contributed by atoms with Gasteiger partial charge in [0.05, 0.1) is 20.6 Å². The van der Waals surface area contributed by atoms with Gasteiger partial charge in [-0.25, -0.2) is 8.78 Å². The highest BCUT2D eigenvalue weighted by molar-refractivity contribution is 14.1. The Bertz CT molecular complexity index is 1470. The van der Waals surface area contributed by atoms with Crippen LogP contribution in [0.15, 0.2) is 59.5 Å². The van der Waals surface area contributed by atoms with Crippen molar-refractivity contribution in [1.29, 1.82) is 0 Å². The van der Waals surface area contributed by atoms with Crippen LogP contribution in [-0.4, -0.2) is 35.6 Å². The number of hydrogen-bond donors (Lipinski definition) is 1. The fraction of sp³-hybridized carbons (Fsp3) is 0.115. The molecule has 3 amide bonds. The SMILES string of the molecule is COc1cc(/C=C2/SC(=O)N(CC(=O)Nc3ccc(F)c(Cl)c3)C2=O)cc(I)c1OCc1ccccc1F. The topological polar surface area (TPSA) is 84.9 Å². The van der Waals surface area contributed by atoms with Crippen molar-refractivity contribution in [3.05, 3.63) is 90.9 Å². The minimum Gasteiger partial charge on any atom is -0.493 e. The Morgan fingerprint density at radius 1 is 1.13 bits per heavy atom. The Kier molecular flexibility index (Phi) is 8.90. The van der Waals surface area contributed by atoms with Crippen LogP contribution < -0.4 is 14.8 Å². The molecule has 0 saturated carbocycles. The van der Waals surface area contributed by atoms with E-state index in [9.17, 15) is 23.2 Å². The van der Waals surface area contributed by atoms with E-state index in [2.05, 4.69) is 5.32 Å². The van der Waals surface area contributed by atoms with E-state index in [1.807, 2.05) is 22.6 Å². The maximum Gasteiger partial charge on any atom is 0.294 e. The third-order valence-corrected chi connectivity index (χ3v) is 7.26. The molecule has 0 spiro atoms. The van der Waals surface area contributed by atoms with E-state index in [1.54, 1.807) is 30.3 Å². The van der Waals surface area contributed by atoms with Gasteiger partial charge in [0.25, 0.3) is 11.1 Å². The van der Waals surface area contributed by atoms with Crippen LogP contribution in [0.1, 0.15) is 11.1 Å². The summed E-state index contributed by atoms with van der Waals surface area (Å²) in [4.78, 5) is 38.7. The van der Waals surface area contributed by atoms with Crippen molar-refractivity contribution in [2.45, 2.75) is 6.61 Å². The summed E-state index contributed by atoms with van der Waals surface area (Å²) < 4.78 is 39.2. The number of amides is 3. The number of carbonyl (C=O) groups is 3. The predicted octanol–water partition coefficient (Wildman–Crippen LogP) is 6.49. The lowest BCUT2D eigenvalue weighted by Crippen LogP contribution is -2.36. The fourth-order valence-corrected chi connectivity index (χ4v) is 5.23. The van der Waals surface area contributed by atoms with E-state index in [-0.39, 0.29) is 28.0 Å². The van der Waals surface area contributed by atoms with Crippen LogP contribution in [0.2, 0.25) is 5.02 Å². The summed E-state index contributed by atoms with van der Waals surface area (Å²) in [5, 5.41) is 1.69. The van der Waals surface area contributed by atoms with Crippen molar-refractivity contribution in [1.82, 2.24) is 4.90 Å². The molecule has 3 aromatic carbocycles. The van der Waals surface area contributed by atoms with E-state index >= 15 is 0 Å². The second-order valence-electron chi connectivity index (χ2n) is 7.86. The van der Waals surface area contributed by atoms with Crippen molar-refractivity contribution in [3.63, 3.8) is 0 Å². The summed E-state index contributed by atoms with van der Waals surface area (Å²) in [6, 6.07) is 13.2. The zero-order valence-corrected chi connectivity index (χ0v) is 23.3. The predicted molar refractivity (Wildman–Crippen MR) is 149 cm³/mol. The molecule has 1 aliphatic heterocycles. The van der Waals surface area contributed by atoms with Gasteiger partial charge in [0.1, 0.15) is 24.8 Å². The molecule has 1 aliphatic rings. The standard InChI is InChI=1S/C26H18ClF2IN2O5S/c1-36-21-9-14(8-20(30)24(21)37-13-15-4-2-3-5-18(15)28)10-22-25(34)32(26(35)38-22)12-23(33)31-16-6-7-19(29)17(27)11-16/h2-11H,12-13H2,1H3,(H,31,33)/b22-10+. The molecule has 1 saturated heterocycles. The molecular weight excluding hydrogens is 653 g/mol. The van der Waals surface area contributed by atoms with Crippen LogP contribution in [0.5, 0.6) is 11.5 Å². The first-order chi connectivity index (χ1) is 18.2. The maximum atomic E-state index is 14.0. The normalized spacial score (nSPS) is 14.2. The number of hydrogen-bond acceptors (Lipinski definition) is 6. The molecule has 38 heavy (non-hydrogen) atoms. The lowest BCUT2D eigenvalue weighted by atomic mass is 10.1. The summed E-state index contributed by atoms with van der Waals surface area (Å²) in [7, 11) is 1.45. The number of nitrogens with zero attached hydrogens (tertiary/aromatic N) is 1. The zero-order valence-electron chi connectivity index (χ0n) is 19.6. The maximum absolute atomic E-state index is 14.0. The Balaban J connectivity index is 1.47. The number of nitrogens with one attached hydrogen (secondary N) is 1. The van der Waals surface area contributed by atoms with Crippen LogP contribution in [0, 0.1) is 15.2 Å². The second-order valence-corrected chi connectivity index (χ2v) is 10.4. The smallest absolute Gasteiger partial charge is 0.294 e. The molecule has 12 heteroatoms. The molecule has 3 aromatic rings. The molecule has 196 valence electrons. The van der Waals surface area contributed by atoms with E-state index in [0.29, 0.717) is 38.0 Å². The van der Waals surface area contributed by atoms with Crippen LogP contribution in [0.4, 0.5) is 19.3 Å². The van der Waals surface area contributed by atoms with Gasteiger partial charge in [-0.3, -0.25) is 19.3 Å². The Morgan fingerprint density at radius 3 is 2.61 bits per heavy atom. The average Bonchev–Trinajstić information content (AvgIpc) is 3.13. The number of benzene rings is 3. The summed E-state index contributed by atoms with van der Waals surface area (Å²) in [6.45, 7) is -0.538. The van der Waals surface area contributed by atoms with Crippen molar-refractivity contribution in [3.8, 4) is 11.5 Å². The number of anilines is 1. The molecular formula is C26H18ClF2IN2O5S. The third-order valence-electron chi connectivity index (χ3n) is 5.26. The van der Waals surface area contributed by atoms with E-state index in [0.717, 1.165) is 11.0 Å². The molecule has 0 atom stereocenters. The first kappa shape index (κ1) is 27.9. The quantitative estimate of drug-likeness (QED) is 0.218. The highest BCUT2D eigenvalue weighted by Gasteiger charge is 2.36. The van der Waals surface area contributed by atoms with Crippen LogP contribution >= 0.6 is 46.0 Å². The van der Waals surface area contributed by atoms with Crippen LogP contribution in [-0.2, 0) is 16.2 Å². The highest BCUT2D eigenvalue weighted by atomic mass is 127. The van der Waals surface area contributed by atoms with Gasteiger partial charge in [-0.05, 0) is 82.4 Å².